The number of hydrogen-bond acceptors (Lipinski definition) is 9. The highest BCUT2D eigenvalue weighted by atomic mass is 16.5. The van der Waals surface area contributed by atoms with Crippen molar-refractivity contribution in [3.63, 3.8) is 0 Å². The highest BCUT2D eigenvalue weighted by Crippen LogP contribution is 2.31. The molecule has 1 unspecified atom stereocenters. The number of aryl methyl sites for hydroxylation is 1. The maximum Gasteiger partial charge on any atom is 0.261 e. The lowest BCUT2D eigenvalue weighted by molar-refractivity contribution is -0.00577. The van der Waals surface area contributed by atoms with Gasteiger partial charge in [-0.15, -0.1) is 5.10 Å². The van der Waals surface area contributed by atoms with Gasteiger partial charge in [-0.25, -0.2) is 4.68 Å². The lowest BCUT2D eigenvalue weighted by atomic mass is 10.0. The van der Waals surface area contributed by atoms with Crippen LogP contribution in [0.2, 0.25) is 0 Å². The zero-order chi connectivity index (χ0) is 36.6. The molecule has 9 rings (SSSR count). The molecule has 0 radical (unpaired) electrons. The predicted octanol–water partition coefficient (Wildman–Crippen LogP) is 5.42. The third kappa shape index (κ3) is 6.45. The third-order valence-electron chi connectivity index (χ3n) is 10.3. The van der Waals surface area contributed by atoms with E-state index >= 15 is 0 Å². The van der Waals surface area contributed by atoms with E-state index in [9.17, 15) is 9.59 Å². The van der Waals surface area contributed by atoms with Gasteiger partial charge in [-0.1, -0.05) is 65.0 Å². The maximum absolute atomic E-state index is 13.9. The molecule has 0 saturated carbocycles. The lowest BCUT2D eigenvalue weighted by Crippen LogP contribution is -2.44. The Morgan fingerprint density at radius 2 is 1.65 bits per heavy atom. The number of fused-ring (bicyclic) bond motifs is 1. The number of para-hydroxylation sites is 1. The number of hydrogen-bond donors (Lipinski definition) is 0. The first kappa shape index (κ1) is 33.4. The maximum atomic E-state index is 13.9. The van der Waals surface area contributed by atoms with Crippen molar-refractivity contribution in [2.24, 2.45) is 7.05 Å². The zero-order valence-corrected chi connectivity index (χ0v) is 29.7. The van der Waals surface area contributed by atoms with Crippen LogP contribution in [0.5, 0.6) is 0 Å². The van der Waals surface area contributed by atoms with Crippen LogP contribution in [0.1, 0.15) is 57.2 Å². The quantitative estimate of drug-likeness (QED) is 0.201. The number of benzene rings is 3. The van der Waals surface area contributed by atoms with E-state index in [1.54, 1.807) is 53.3 Å². The second kappa shape index (κ2) is 14.2. The second-order valence-electron chi connectivity index (χ2n) is 13.8. The fourth-order valence-electron chi connectivity index (χ4n) is 7.50. The standard InChI is InChI=1S/C40H38N10O4/c1-46-23-31(22-41-46)38-42-37(44-54-38)36-26-53-19-18-48(36)40(52)30-12-7-11-29(20-30)39(51)47-16-14-33(15-17-47)50-25-32(43-45-50)24-49-34-13-6-5-10-28(34)21-35(49)27-8-3-2-4-9-27/h2-13,20-23,25,33,36H,14-19,24,26H2,1H3. The van der Waals surface area contributed by atoms with Crippen LogP contribution in [0.4, 0.5) is 0 Å². The number of amides is 2. The van der Waals surface area contributed by atoms with Crippen LogP contribution in [-0.2, 0) is 18.3 Å². The van der Waals surface area contributed by atoms with Gasteiger partial charge in [0.05, 0.1) is 43.8 Å². The molecule has 0 aliphatic carbocycles. The number of carbonyl (C=O) groups is 2. The van der Waals surface area contributed by atoms with E-state index in [0.717, 1.165) is 35.3 Å². The first-order valence-electron chi connectivity index (χ1n) is 18.1. The Kier molecular flexibility index (Phi) is 8.79. The fourth-order valence-corrected chi connectivity index (χ4v) is 7.50. The molecule has 2 aliphatic rings. The lowest BCUT2D eigenvalue weighted by Gasteiger charge is -2.34. The van der Waals surface area contributed by atoms with Crippen LogP contribution in [-0.4, -0.2) is 93.9 Å². The van der Waals surface area contributed by atoms with E-state index < -0.39 is 6.04 Å². The topological polar surface area (TPSA) is 142 Å². The summed E-state index contributed by atoms with van der Waals surface area (Å²) in [4.78, 5) is 35.7. The number of morpholine rings is 1. The molecule has 14 nitrogen and oxygen atoms in total. The SMILES string of the molecule is Cn1cc(-c2nc(C3COCCN3C(=O)c3cccc(C(=O)N4CCC(n5cc(Cn6c(-c7ccccc7)cc7ccccc76)nn5)CC4)c3)no2)cn1. The minimum absolute atomic E-state index is 0.104. The van der Waals surface area contributed by atoms with Gasteiger partial charge in [-0.2, -0.15) is 10.1 Å². The van der Waals surface area contributed by atoms with Crippen LogP contribution in [0.25, 0.3) is 33.6 Å². The van der Waals surface area contributed by atoms with Gasteiger partial charge < -0.3 is 23.6 Å². The summed E-state index contributed by atoms with van der Waals surface area (Å²) in [6, 6.07) is 27.5. The first-order valence-corrected chi connectivity index (χ1v) is 18.1. The summed E-state index contributed by atoms with van der Waals surface area (Å²) in [6.45, 7) is 2.70. The Hall–Kier alpha value is -6.41. The molecule has 6 heterocycles. The van der Waals surface area contributed by atoms with Gasteiger partial charge in [0.2, 0.25) is 0 Å². The summed E-state index contributed by atoms with van der Waals surface area (Å²) in [5.41, 5.74) is 5.89. The van der Waals surface area contributed by atoms with Crippen molar-refractivity contribution in [2.75, 3.05) is 32.8 Å². The Morgan fingerprint density at radius 1 is 0.852 bits per heavy atom. The summed E-state index contributed by atoms with van der Waals surface area (Å²) in [5, 5.41) is 18.6. The van der Waals surface area contributed by atoms with Crippen LogP contribution in [0.15, 0.2) is 108 Å². The normalized spacial score (nSPS) is 16.6. The summed E-state index contributed by atoms with van der Waals surface area (Å²) in [5.74, 6) is 0.342. The Bertz CT molecular complexity index is 2440. The zero-order valence-electron chi connectivity index (χ0n) is 29.7. The van der Waals surface area contributed by atoms with Crippen LogP contribution in [0, 0.1) is 0 Å². The molecular weight excluding hydrogens is 685 g/mol. The van der Waals surface area contributed by atoms with Gasteiger partial charge in [0, 0.05) is 60.6 Å². The Morgan fingerprint density at radius 3 is 2.46 bits per heavy atom. The van der Waals surface area contributed by atoms with Crippen molar-refractivity contribution >= 4 is 22.7 Å². The van der Waals surface area contributed by atoms with Gasteiger partial charge in [0.25, 0.3) is 17.7 Å². The number of ether oxygens (including phenoxy) is 1. The first-order chi connectivity index (χ1) is 26.5. The Labute approximate surface area is 310 Å². The monoisotopic (exact) mass is 722 g/mol. The fraction of sp³-hybridized carbons (Fsp3) is 0.275. The molecule has 0 bridgehead atoms. The molecule has 4 aromatic heterocycles. The van der Waals surface area contributed by atoms with Crippen molar-refractivity contribution < 1.29 is 18.8 Å². The van der Waals surface area contributed by atoms with Crippen molar-refractivity contribution in [3.8, 4) is 22.7 Å². The molecule has 2 saturated heterocycles. The average molecular weight is 723 g/mol. The molecular formula is C40H38N10O4. The number of carbonyl (C=O) groups excluding carboxylic acids is 2. The molecule has 2 aliphatic heterocycles. The summed E-state index contributed by atoms with van der Waals surface area (Å²) < 4.78 is 17.1. The van der Waals surface area contributed by atoms with Gasteiger partial charge in [-0.3, -0.25) is 14.3 Å². The molecule has 7 aromatic rings. The van der Waals surface area contributed by atoms with E-state index in [0.29, 0.717) is 61.2 Å². The third-order valence-corrected chi connectivity index (χ3v) is 10.3. The van der Waals surface area contributed by atoms with E-state index in [-0.39, 0.29) is 24.5 Å². The minimum Gasteiger partial charge on any atom is -0.377 e. The van der Waals surface area contributed by atoms with Gasteiger partial charge in [0.1, 0.15) is 11.7 Å². The molecule has 0 spiro atoms. The van der Waals surface area contributed by atoms with Gasteiger partial charge in [-0.05, 0) is 48.7 Å². The molecule has 2 fully saturated rings. The van der Waals surface area contributed by atoms with Crippen molar-refractivity contribution in [3.05, 3.63) is 126 Å². The van der Waals surface area contributed by atoms with Crippen molar-refractivity contribution in [2.45, 2.75) is 31.5 Å². The van der Waals surface area contributed by atoms with Gasteiger partial charge >= 0.3 is 0 Å². The van der Waals surface area contributed by atoms with E-state index in [1.165, 1.54) is 5.39 Å². The van der Waals surface area contributed by atoms with Crippen molar-refractivity contribution in [1.29, 1.82) is 0 Å². The predicted molar refractivity (Wildman–Crippen MR) is 198 cm³/mol. The average Bonchev–Trinajstić information content (AvgIpc) is 4.06. The molecule has 272 valence electrons. The molecule has 3 aromatic carbocycles. The molecule has 0 N–H and O–H groups in total. The largest absolute Gasteiger partial charge is 0.377 e. The summed E-state index contributed by atoms with van der Waals surface area (Å²) in [6.07, 6.45) is 6.95. The second-order valence-corrected chi connectivity index (χ2v) is 13.8. The molecule has 1 atom stereocenters. The molecule has 2 amide bonds. The summed E-state index contributed by atoms with van der Waals surface area (Å²) >= 11 is 0. The van der Waals surface area contributed by atoms with E-state index in [2.05, 4.69) is 84.7 Å². The van der Waals surface area contributed by atoms with Gasteiger partial charge in [0.15, 0.2) is 5.82 Å². The van der Waals surface area contributed by atoms with E-state index in [4.69, 9.17) is 9.26 Å². The van der Waals surface area contributed by atoms with Crippen molar-refractivity contribution in [1.82, 2.24) is 49.3 Å². The van der Waals surface area contributed by atoms with E-state index in [1.807, 2.05) is 21.8 Å². The van der Waals surface area contributed by atoms with Crippen LogP contribution in [0.3, 0.4) is 0 Å². The highest BCUT2D eigenvalue weighted by molar-refractivity contribution is 6.00. The van der Waals surface area contributed by atoms with Crippen LogP contribution < -0.4 is 0 Å². The number of rotatable bonds is 8. The number of piperidine rings is 1. The molecule has 54 heavy (non-hydrogen) atoms. The summed E-state index contributed by atoms with van der Waals surface area (Å²) in [7, 11) is 1.81. The molecule has 14 heteroatoms. The Balaban J connectivity index is 0.855. The number of aromatic nitrogens is 8. The number of nitrogens with zero attached hydrogens (tertiary/aromatic N) is 10. The number of likely N-dealkylation sites (tertiary alicyclic amines) is 1. The van der Waals surface area contributed by atoms with Crippen LogP contribution >= 0.6 is 0 Å². The highest BCUT2D eigenvalue weighted by Gasteiger charge is 2.34. The smallest absolute Gasteiger partial charge is 0.261 e. The minimum atomic E-state index is -0.537.